The third kappa shape index (κ3) is 5.94. The van der Waals surface area contributed by atoms with E-state index in [0.717, 1.165) is 16.7 Å². The Hall–Kier alpha value is -4.11. The molecular formula is C23H19N3O3. The number of hydrogen-bond acceptors (Lipinski definition) is 5. The smallest absolute Gasteiger partial charge is 0.277 e. The van der Waals surface area contributed by atoms with Crippen LogP contribution in [0.15, 0.2) is 84.0 Å². The number of nitrogens with zero attached hydrogens (tertiary/aromatic N) is 2. The van der Waals surface area contributed by atoms with Crippen molar-refractivity contribution in [2.75, 3.05) is 13.2 Å². The molecule has 144 valence electrons. The highest BCUT2D eigenvalue weighted by molar-refractivity contribution is 5.83. The summed E-state index contributed by atoms with van der Waals surface area (Å²) in [4.78, 5) is 12.0. The van der Waals surface area contributed by atoms with E-state index < -0.39 is 0 Å². The Kier molecular flexibility index (Phi) is 6.97. The highest BCUT2D eigenvalue weighted by Crippen LogP contribution is 2.29. The minimum Gasteiger partial charge on any atom is -0.483 e. The molecule has 0 saturated carbocycles. The molecule has 0 saturated heterocycles. The first-order chi connectivity index (χ1) is 14.3. The van der Waals surface area contributed by atoms with Gasteiger partial charge >= 0.3 is 0 Å². The summed E-state index contributed by atoms with van der Waals surface area (Å²) in [7, 11) is 0. The molecule has 0 aliphatic carbocycles. The lowest BCUT2D eigenvalue weighted by Gasteiger charge is -2.10. The van der Waals surface area contributed by atoms with E-state index >= 15 is 0 Å². The topological polar surface area (TPSA) is 83.7 Å². The fourth-order valence-corrected chi connectivity index (χ4v) is 2.57. The average Bonchev–Trinajstić information content (AvgIpc) is 2.78. The van der Waals surface area contributed by atoms with E-state index in [1.807, 2.05) is 60.7 Å². The first kappa shape index (κ1) is 19.6. The van der Waals surface area contributed by atoms with Crippen LogP contribution in [0.1, 0.15) is 5.56 Å². The Labute approximate surface area is 169 Å². The number of nitriles is 1. The molecular weight excluding hydrogens is 366 g/mol. The van der Waals surface area contributed by atoms with Gasteiger partial charge in [0.2, 0.25) is 0 Å². The molecule has 0 spiro atoms. The third-order valence-electron chi connectivity index (χ3n) is 3.92. The molecule has 1 amide bonds. The van der Waals surface area contributed by atoms with Crippen LogP contribution in [0, 0.1) is 11.3 Å². The zero-order valence-electron chi connectivity index (χ0n) is 15.6. The number of hydrazone groups is 1. The van der Waals surface area contributed by atoms with Gasteiger partial charge in [-0.25, -0.2) is 5.43 Å². The Balaban J connectivity index is 1.52. The van der Waals surface area contributed by atoms with Gasteiger partial charge in [0.25, 0.3) is 5.91 Å². The van der Waals surface area contributed by atoms with Crippen molar-refractivity contribution < 1.29 is 14.3 Å². The van der Waals surface area contributed by atoms with Gasteiger partial charge in [0, 0.05) is 5.56 Å². The highest BCUT2D eigenvalue weighted by atomic mass is 16.5. The molecule has 0 heterocycles. The number of amides is 1. The fourth-order valence-electron chi connectivity index (χ4n) is 2.57. The van der Waals surface area contributed by atoms with Crippen LogP contribution in [0.4, 0.5) is 0 Å². The Morgan fingerprint density at radius 2 is 1.69 bits per heavy atom. The molecule has 0 atom stereocenters. The summed E-state index contributed by atoms with van der Waals surface area (Å²) >= 11 is 0. The quantitative estimate of drug-likeness (QED) is 0.472. The second kappa shape index (κ2) is 10.3. The first-order valence-electron chi connectivity index (χ1n) is 8.95. The molecule has 0 aromatic heterocycles. The number of carbonyl (C=O) groups excluding carboxylic acids is 1. The average molecular weight is 385 g/mol. The maximum absolute atomic E-state index is 12.0. The molecule has 3 rings (SSSR count). The van der Waals surface area contributed by atoms with E-state index in [1.54, 1.807) is 24.3 Å². The van der Waals surface area contributed by atoms with Crippen LogP contribution in [0.2, 0.25) is 0 Å². The van der Waals surface area contributed by atoms with E-state index in [2.05, 4.69) is 10.5 Å². The molecule has 0 bridgehead atoms. The zero-order valence-corrected chi connectivity index (χ0v) is 15.6. The molecule has 0 aliphatic rings. The summed E-state index contributed by atoms with van der Waals surface area (Å²) in [5.41, 5.74) is 5.16. The van der Waals surface area contributed by atoms with Crippen molar-refractivity contribution in [1.29, 1.82) is 5.26 Å². The molecule has 0 unspecified atom stereocenters. The van der Waals surface area contributed by atoms with Gasteiger partial charge in [-0.15, -0.1) is 0 Å². The number of hydrogen-bond donors (Lipinski definition) is 1. The van der Waals surface area contributed by atoms with Gasteiger partial charge in [-0.05, 0) is 41.5 Å². The molecule has 0 aliphatic heterocycles. The predicted molar refractivity (Wildman–Crippen MR) is 111 cm³/mol. The summed E-state index contributed by atoms with van der Waals surface area (Å²) < 4.78 is 10.9. The molecule has 0 fully saturated rings. The third-order valence-corrected chi connectivity index (χ3v) is 3.92. The second-order valence-electron chi connectivity index (χ2n) is 5.96. The number of para-hydroxylation sites is 1. The number of ether oxygens (including phenoxy) is 2. The van der Waals surface area contributed by atoms with E-state index in [1.165, 1.54) is 6.21 Å². The SMILES string of the molecule is N#CCOc1ccc(/C=N\NC(=O)COc2ccccc2-c2ccccc2)cc1. The van der Waals surface area contributed by atoms with E-state index in [0.29, 0.717) is 11.5 Å². The number of benzene rings is 3. The van der Waals surface area contributed by atoms with Crippen LogP contribution in [-0.2, 0) is 4.79 Å². The van der Waals surface area contributed by atoms with Gasteiger partial charge < -0.3 is 9.47 Å². The first-order valence-corrected chi connectivity index (χ1v) is 8.95. The summed E-state index contributed by atoms with van der Waals surface area (Å²) in [5.74, 6) is 0.863. The van der Waals surface area contributed by atoms with Gasteiger partial charge in [0.1, 0.15) is 17.6 Å². The number of nitrogens with one attached hydrogen (secondary N) is 1. The minimum atomic E-state index is -0.363. The molecule has 1 N–H and O–H groups in total. The molecule has 29 heavy (non-hydrogen) atoms. The minimum absolute atomic E-state index is 0.00308. The van der Waals surface area contributed by atoms with Gasteiger partial charge in [0.05, 0.1) is 6.21 Å². The van der Waals surface area contributed by atoms with Crippen molar-refractivity contribution in [3.63, 3.8) is 0 Å². The molecule has 3 aromatic rings. The van der Waals surface area contributed by atoms with Crippen LogP contribution < -0.4 is 14.9 Å². The molecule has 6 heteroatoms. The van der Waals surface area contributed by atoms with Crippen LogP contribution in [0.3, 0.4) is 0 Å². The maximum atomic E-state index is 12.0. The van der Waals surface area contributed by atoms with Crippen LogP contribution in [0.25, 0.3) is 11.1 Å². The van der Waals surface area contributed by atoms with Gasteiger partial charge in [-0.1, -0.05) is 48.5 Å². The standard InChI is InChI=1S/C23H19N3O3/c24-14-15-28-20-12-10-18(11-13-20)16-25-26-23(27)17-29-22-9-5-4-8-21(22)19-6-2-1-3-7-19/h1-13,16H,15,17H2,(H,26,27)/b25-16-. The normalized spacial score (nSPS) is 10.3. The van der Waals surface area contributed by atoms with Crippen molar-refractivity contribution in [2.45, 2.75) is 0 Å². The van der Waals surface area contributed by atoms with E-state index in [9.17, 15) is 4.79 Å². The van der Waals surface area contributed by atoms with Gasteiger partial charge in [-0.2, -0.15) is 10.4 Å². The Morgan fingerprint density at radius 3 is 2.45 bits per heavy atom. The Morgan fingerprint density at radius 1 is 0.966 bits per heavy atom. The summed E-state index contributed by atoms with van der Waals surface area (Å²) in [6.07, 6.45) is 1.52. The lowest BCUT2D eigenvalue weighted by molar-refractivity contribution is -0.123. The summed E-state index contributed by atoms with van der Waals surface area (Å²) in [5, 5.41) is 12.4. The van der Waals surface area contributed by atoms with Crippen molar-refractivity contribution in [1.82, 2.24) is 5.43 Å². The Bertz CT molecular complexity index is 1010. The lowest BCUT2D eigenvalue weighted by Crippen LogP contribution is -2.24. The number of carbonyl (C=O) groups is 1. The molecule has 3 aromatic carbocycles. The van der Waals surface area contributed by atoms with Crippen molar-refractivity contribution in [3.8, 4) is 28.7 Å². The van der Waals surface area contributed by atoms with E-state index in [-0.39, 0.29) is 19.1 Å². The monoisotopic (exact) mass is 385 g/mol. The molecule has 0 radical (unpaired) electrons. The predicted octanol–water partition coefficient (Wildman–Crippen LogP) is 3.79. The number of rotatable bonds is 8. The van der Waals surface area contributed by atoms with Crippen molar-refractivity contribution >= 4 is 12.1 Å². The summed E-state index contributed by atoms with van der Waals surface area (Å²) in [6.45, 7) is -0.154. The van der Waals surface area contributed by atoms with Gasteiger partial charge in [0.15, 0.2) is 13.2 Å². The zero-order chi connectivity index (χ0) is 20.3. The van der Waals surface area contributed by atoms with E-state index in [4.69, 9.17) is 14.7 Å². The lowest BCUT2D eigenvalue weighted by atomic mass is 10.1. The fraction of sp³-hybridized carbons (Fsp3) is 0.0870. The largest absolute Gasteiger partial charge is 0.483 e. The second-order valence-corrected chi connectivity index (χ2v) is 5.96. The van der Waals surface area contributed by atoms with Crippen LogP contribution >= 0.6 is 0 Å². The highest BCUT2D eigenvalue weighted by Gasteiger charge is 2.07. The van der Waals surface area contributed by atoms with Crippen LogP contribution in [0.5, 0.6) is 11.5 Å². The maximum Gasteiger partial charge on any atom is 0.277 e. The van der Waals surface area contributed by atoms with Gasteiger partial charge in [-0.3, -0.25) is 4.79 Å². The summed E-state index contributed by atoms with van der Waals surface area (Å²) in [6, 6.07) is 26.3. The van der Waals surface area contributed by atoms with Crippen molar-refractivity contribution in [2.24, 2.45) is 5.10 Å². The molecule has 6 nitrogen and oxygen atoms in total. The van der Waals surface area contributed by atoms with Crippen LogP contribution in [-0.4, -0.2) is 25.3 Å². The van der Waals surface area contributed by atoms with Crippen molar-refractivity contribution in [3.05, 3.63) is 84.4 Å².